The van der Waals surface area contributed by atoms with Crippen molar-refractivity contribution >= 4 is 6.29 Å². The van der Waals surface area contributed by atoms with Gasteiger partial charge in [-0.3, -0.25) is 4.79 Å². The predicted molar refractivity (Wildman–Crippen MR) is 90.7 cm³/mol. The third-order valence-corrected chi connectivity index (χ3v) is 3.10. The van der Waals surface area contributed by atoms with Gasteiger partial charge in [0.05, 0.1) is 20.8 Å². The van der Waals surface area contributed by atoms with Crippen molar-refractivity contribution in [3.63, 3.8) is 0 Å². The SMILES string of the molecule is COc1cc(C=O)cc(OC(F)(F)F)c1.COc1cc(CO)cc(OC(F)(F)F)c1. The molecule has 0 heterocycles. The molecule has 0 aliphatic rings. The van der Waals surface area contributed by atoms with E-state index in [-0.39, 0.29) is 29.2 Å². The maximum absolute atomic E-state index is 11.9. The van der Waals surface area contributed by atoms with E-state index in [0.717, 1.165) is 24.3 Å². The highest BCUT2D eigenvalue weighted by molar-refractivity contribution is 5.76. The lowest BCUT2D eigenvalue weighted by atomic mass is 10.2. The molecule has 0 bridgehead atoms. The molecule has 2 rings (SSSR count). The highest BCUT2D eigenvalue weighted by atomic mass is 19.4. The zero-order chi connectivity index (χ0) is 22.9. The first-order valence-electron chi connectivity index (χ1n) is 7.83. The summed E-state index contributed by atoms with van der Waals surface area (Å²) in [6.45, 7) is -0.384. The molecule has 0 aliphatic heterocycles. The summed E-state index contributed by atoms with van der Waals surface area (Å²) in [5.41, 5.74) is 0.335. The van der Waals surface area contributed by atoms with E-state index < -0.39 is 24.2 Å². The van der Waals surface area contributed by atoms with Crippen LogP contribution in [0.3, 0.4) is 0 Å². The van der Waals surface area contributed by atoms with E-state index in [4.69, 9.17) is 14.6 Å². The summed E-state index contributed by atoms with van der Waals surface area (Å²) < 4.78 is 88.0. The van der Waals surface area contributed by atoms with Crippen LogP contribution in [0.2, 0.25) is 0 Å². The maximum atomic E-state index is 11.9. The average molecular weight is 442 g/mol. The number of aliphatic hydroxyl groups excluding tert-OH is 1. The van der Waals surface area contributed by atoms with Crippen LogP contribution in [-0.2, 0) is 6.61 Å². The Morgan fingerprint density at radius 2 is 1.17 bits per heavy atom. The quantitative estimate of drug-likeness (QED) is 0.525. The van der Waals surface area contributed by atoms with Gasteiger partial charge in [-0.2, -0.15) is 0 Å². The van der Waals surface area contributed by atoms with Gasteiger partial charge < -0.3 is 24.1 Å². The minimum atomic E-state index is -4.79. The van der Waals surface area contributed by atoms with Crippen molar-refractivity contribution in [3.05, 3.63) is 47.5 Å². The molecular formula is C18H16F6O6. The van der Waals surface area contributed by atoms with Gasteiger partial charge in [-0.15, -0.1) is 26.3 Å². The van der Waals surface area contributed by atoms with E-state index in [9.17, 15) is 31.1 Å². The maximum Gasteiger partial charge on any atom is 0.573 e. The largest absolute Gasteiger partial charge is 0.573 e. The van der Waals surface area contributed by atoms with Gasteiger partial charge in [0.1, 0.15) is 29.3 Å². The van der Waals surface area contributed by atoms with Crippen molar-refractivity contribution in [3.8, 4) is 23.0 Å². The Balaban J connectivity index is 0.000000300. The number of carbonyl (C=O) groups is 1. The highest BCUT2D eigenvalue weighted by Crippen LogP contribution is 2.28. The summed E-state index contributed by atoms with van der Waals surface area (Å²) in [5, 5.41) is 8.79. The number of alkyl halides is 6. The lowest BCUT2D eigenvalue weighted by Crippen LogP contribution is -2.17. The van der Waals surface area contributed by atoms with Crippen molar-refractivity contribution in [1.82, 2.24) is 0 Å². The molecular weight excluding hydrogens is 426 g/mol. The number of methoxy groups -OCH3 is 2. The van der Waals surface area contributed by atoms with Crippen LogP contribution in [0.5, 0.6) is 23.0 Å². The molecule has 0 amide bonds. The van der Waals surface area contributed by atoms with Gasteiger partial charge >= 0.3 is 12.7 Å². The second-order valence-electron chi connectivity index (χ2n) is 5.33. The molecule has 12 heteroatoms. The lowest BCUT2D eigenvalue weighted by molar-refractivity contribution is -0.275. The molecule has 0 atom stereocenters. The normalized spacial score (nSPS) is 11.1. The number of carbonyl (C=O) groups excluding carboxylic acids is 1. The first kappa shape index (κ1) is 24.9. The first-order chi connectivity index (χ1) is 13.9. The number of ether oxygens (including phenoxy) is 4. The molecule has 2 aromatic rings. The molecule has 0 saturated heterocycles. The molecule has 1 N–H and O–H groups in total. The Kier molecular flexibility index (Phi) is 8.77. The molecule has 0 radical (unpaired) electrons. The highest BCUT2D eigenvalue weighted by Gasteiger charge is 2.32. The van der Waals surface area contributed by atoms with Gasteiger partial charge in [-0.1, -0.05) is 0 Å². The van der Waals surface area contributed by atoms with Crippen LogP contribution in [0.25, 0.3) is 0 Å². The van der Waals surface area contributed by atoms with Crippen molar-refractivity contribution in [2.24, 2.45) is 0 Å². The zero-order valence-corrected chi connectivity index (χ0v) is 15.5. The molecule has 0 saturated carbocycles. The summed E-state index contributed by atoms with van der Waals surface area (Å²) in [4.78, 5) is 10.4. The summed E-state index contributed by atoms with van der Waals surface area (Å²) in [5.74, 6) is -0.575. The van der Waals surface area contributed by atoms with Gasteiger partial charge in [0.15, 0.2) is 0 Å². The van der Waals surface area contributed by atoms with Crippen molar-refractivity contribution < 1.29 is 55.2 Å². The molecule has 6 nitrogen and oxygen atoms in total. The molecule has 0 unspecified atom stereocenters. The Hall–Kier alpha value is -3.15. The van der Waals surface area contributed by atoms with Gasteiger partial charge in [0.2, 0.25) is 0 Å². The number of rotatable bonds is 6. The monoisotopic (exact) mass is 442 g/mol. The molecule has 0 fully saturated rings. The van der Waals surface area contributed by atoms with Crippen LogP contribution < -0.4 is 18.9 Å². The van der Waals surface area contributed by atoms with Crippen molar-refractivity contribution in [1.29, 1.82) is 0 Å². The predicted octanol–water partition coefficient (Wildman–Crippen LogP) is 4.49. The number of aldehydes is 1. The van der Waals surface area contributed by atoms with Gasteiger partial charge in [-0.05, 0) is 29.8 Å². The number of aliphatic hydroxyl groups is 1. The Morgan fingerprint density at radius 1 is 0.767 bits per heavy atom. The standard InChI is InChI=1S/C9H9F3O3.C9H7F3O3/c2*1-14-7-2-6(5-13)3-8(4-7)15-9(10,11)12/h2-4,13H,5H2,1H3;2-5H,1H3. The number of halogens is 6. The van der Waals surface area contributed by atoms with E-state index in [1.165, 1.54) is 26.4 Å². The summed E-state index contributed by atoms with van der Waals surface area (Å²) in [6.07, 6.45) is -9.13. The number of hydrogen-bond acceptors (Lipinski definition) is 6. The fourth-order valence-corrected chi connectivity index (χ4v) is 2.00. The summed E-state index contributed by atoms with van der Waals surface area (Å²) >= 11 is 0. The van der Waals surface area contributed by atoms with E-state index in [1.807, 2.05) is 0 Å². The molecule has 0 aromatic heterocycles. The molecule has 0 spiro atoms. The molecule has 30 heavy (non-hydrogen) atoms. The van der Waals surface area contributed by atoms with Crippen LogP contribution in [0.15, 0.2) is 36.4 Å². The average Bonchev–Trinajstić information content (AvgIpc) is 2.65. The van der Waals surface area contributed by atoms with E-state index in [2.05, 4.69) is 9.47 Å². The fraction of sp³-hybridized carbons (Fsp3) is 0.278. The second-order valence-corrected chi connectivity index (χ2v) is 5.33. The third kappa shape index (κ3) is 9.37. The minimum Gasteiger partial charge on any atom is -0.497 e. The van der Waals surface area contributed by atoms with Gasteiger partial charge in [0, 0.05) is 17.7 Å². The van der Waals surface area contributed by atoms with E-state index in [1.54, 1.807) is 0 Å². The van der Waals surface area contributed by atoms with Crippen molar-refractivity contribution in [2.75, 3.05) is 14.2 Å². The lowest BCUT2D eigenvalue weighted by Gasteiger charge is -2.11. The molecule has 0 aliphatic carbocycles. The van der Waals surface area contributed by atoms with Crippen LogP contribution in [0.4, 0.5) is 26.3 Å². The fourth-order valence-electron chi connectivity index (χ4n) is 2.00. The van der Waals surface area contributed by atoms with E-state index >= 15 is 0 Å². The van der Waals surface area contributed by atoms with Crippen LogP contribution in [0, 0.1) is 0 Å². The Morgan fingerprint density at radius 3 is 1.57 bits per heavy atom. The van der Waals surface area contributed by atoms with Crippen molar-refractivity contribution in [2.45, 2.75) is 19.3 Å². The number of benzene rings is 2. The van der Waals surface area contributed by atoms with Gasteiger partial charge in [0.25, 0.3) is 0 Å². The Labute approximate surface area is 166 Å². The van der Waals surface area contributed by atoms with E-state index in [0.29, 0.717) is 6.29 Å². The van der Waals surface area contributed by atoms with Crippen LogP contribution >= 0.6 is 0 Å². The number of hydrogen-bond donors (Lipinski definition) is 1. The summed E-state index contributed by atoms with van der Waals surface area (Å²) in [6, 6.07) is 6.92. The van der Waals surface area contributed by atoms with Crippen LogP contribution in [0.1, 0.15) is 15.9 Å². The Bertz CT molecular complexity index is 813. The summed E-state index contributed by atoms with van der Waals surface area (Å²) in [7, 11) is 2.59. The minimum absolute atomic E-state index is 0.0496. The molecule has 2 aromatic carbocycles. The first-order valence-corrected chi connectivity index (χ1v) is 7.83. The second kappa shape index (κ2) is 10.6. The topological polar surface area (TPSA) is 74.2 Å². The third-order valence-electron chi connectivity index (χ3n) is 3.10. The van der Waals surface area contributed by atoms with Gasteiger partial charge in [-0.25, -0.2) is 0 Å². The van der Waals surface area contributed by atoms with Crippen LogP contribution in [-0.4, -0.2) is 38.3 Å². The zero-order valence-electron chi connectivity index (χ0n) is 15.5. The molecule has 166 valence electrons. The smallest absolute Gasteiger partial charge is 0.497 e.